The van der Waals surface area contributed by atoms with Crippen LogP contribution in [-0.4, -0.2) is 30.6 Å². The van der Waals surface area contributed by atoms with Crippen molar-refractivity contribution in [2.45, 2.75) is 33.7 Å². The highest BCUT2D eigenvalue weighted by Crippen LogP contribution is 2.27. The summed E-state index contributed by atoms with van der Waals surface area (Å²) in [5.41, 5.74) is 1.75. The van der Waals surface area contributed by atoms with Crippen LogP contribution in [0.2, 0.25) is 0 Å². The number of rotatable bonds is 2. The lowest BCUT2D eigenvalue weighted by molar-refractivity contribution is 0.235. The number of methoxy groups -OCH3 is 1. The molecule has 0 aliphatic carbocycles. The number of pyridine rings is 1. The molecule has 0 fully saturated rings. The van der Waals surface area contributed by atoms with E-state index in [0.717, 1.165) is 17.1 Å². The highest BCUT2D eigenvalue weighted by Gasteiger charge is 2.31. The molecule has 4 nitrogen and oxygen atoms in total. The van der Waals surface area contributed by atoms with Crippen molar-refractivity contribution >= 4 is 5.90 Å². The maximum Gasteiger partial charge on any atom is 0.235 e. The van der Waals surface area contributed by atoms with Gasteiger partial charge in [-0.1, -0.05) is 20.8 Å². The third kappa shape index (κ3) is 2.63. The molecule has 0 saturated carbocycles. The van der Waals surface area contributed by atoms with Crippen molar-refractivity contribution in [3.63, 3.8) is 0 Å². The Morgan fingerprint density at radius 2 is 2.06 bits per heavy atom. The molecule has 2 heterocycles. The summed E-state index contributed by atoms with van der Waals surface area (Å²) in [6, 6.07) is 3.93. The second-order valence-electron chi connectivity index (χ2n) is 5.66. The van der Waals surface area contributed by atoms with Crippen molar-refractivity contribution in [1.82, 2.24) is 4.98 Å². The summed E-state index contributed by atoms with van der Waals surface area (Å²) in [4.78, 5) is 9.07. The van der Waals surface area contributed by atoms with Crippen LogP contribution in [0.5, 0.6) is 5.75 Å². The first kappa shape index (κ1) is 12.9. The number of aromatic nitrogens is 1. The third-order valence-corrected chi connectivity index (χ3v) is 3.03. The van der Waals surface area contributed by atoms with E-state index < -0.39 is 0 Å². The van der Waals surface area contributed by atoms with E-state index in [9.17, 15) is 0 Å². The van der Waals surface area contributed by atoms with Crippen LogP contribution in [0.15, 0.2) is 17.1 Å². The zero-order valence-corrected chi connectivity index (χ0v) is 11.7. The lowest BCUT2D eigenvalue weighted by Gasteiger charge is -2.21. The van der Waals surface area contributed by atoms with Gasteiger partial charge in [-0.3, -0.25) is 0 Å². The molecule has 0 radical (unpaired) electrons. The number of hydrogen-bond acceptors (Lipinski definition) is 4. The van der Waals surface area contributed by atoms with Crippen LogP contribution in [0.3, 0.4) is 0 Å². The number of nitrogens with zero attached hydrogens (tertiary/aromatic N) is 2. The van der Waals surface area contributed by atoms with Crippen LogP contribution in [-0.2, 0) is 4.74 Å². The molecule has 2 rings (SSSR count). The molecule has 18 heavy (non-hydrogen) atoms. The summed E-state index contributed by atoms with van der Waals surface area (Å²) >= 11 is 0. The number of ether oxygens (including phenoxy) is 2. The topological polar surface area (TPSA) is 43.7 Å². The molecule has 0 N–H and O–H groups in total. The molecular formula is C14H20N2O2. The van der Waals surface area contributed by atoms with Gasteiger partial charge < -0.3 is 9.47 Å². The van der Waals surface area contributed by atoms with Gasteiger partial charge in [-0.15, -0.1) is 0 Å². The van der Waals surface area contributed by atoms with E-state index in [1.54, 1.807) is 7.11 Å². The normalized spacial score (nSPS) is 19.4. The van der Waals surface area contributed by atoms with Gasteiger partial charge in [0.05, 0.1) is 13.2 Å². The lowest BCUT2D eigenvalue weighted by Crippen LogP contribution is -2.25. The standard InChI is InChI=1S/C14H20N2O2/c1-9-6-10(17-5)7-11(15-9)13-16-12(8-18-13)14(2,3)4/h6-7,12H,8H2,1-5H3. The molecule has 1 aromatic rings. The minimum Gasteiger partial charge on any atom is -0.497 e. The second kappa shape index (κ2) is 4.59. The van der Waals surface area contributed by atoms with Gasteiger partial charge in [0.1, 0.15) is 18.1 Å². The van der Waals surface area contributed by atoms with Gasteiger partial charge in [-0.05, 0) is 12.3 Å². The lowest BCUT2D eigenvalue weighted by atomic mass is 9.88. The first-order valence-electron chi connectivity index (χ1n) is 6.14. The predicted octanol–water partition coefficient (Wildman–Crippen LogP) is 2.59. The smallest absolute Gasteiger partial charge is 0.235 e. The Morgan fingerprint density at radius 3 is 2.61 bits per heavy atom. The first-order valence-corrected chi connectivity index (χ1v) is 6.14. The number of hydrogen-bond donors (Lipinski definition) is 0. The Bertz CT molecular complexity index is 475. The Kier molecular flexibility index (Phi) is 3.28. The first-order chi connectivity index (χ1) is 8.40. The van der Waals surface area contributed by atoms with Gasteiger partial charge in [-0.2, -0.15) is 0 Å². The molecular weight excluding hydrogens is 228 g/mol. The van der Waals surface area contributed by atoms with Crippen LogP contribution in [0, 0.1) is 12.3 Å². The van der Waals surface area contributed by atoms with Crippen LogP contribution in [0.25, 0.3) is 0 Å². The van der Waals surface area contributed by atoms with Gasteiger partial charge in [0.2, 0.25) is 5.90 Å². The second-order valence-corrected chi connectivity index (χ2v) is 5.66. The summed E-state index contributed by atoms with van der Waals surface area (Å²) in [6.07, 6.45) is 0. The highest BCUT2D eigenvalue weighted by atomic mass is 16.5. The minimum absolute atomic E-state index is 0.107. The quantitative estimate of drug-likeness (QED) is 0.808. The van der Waals surface area contributed by atoms with Crippen LogP contribution < -0.4 is 4.74 Å². The molecule has 0 aromatic carbocycles. The summed E-state index contributed by atoms with van der Waals surface area (Å²) in [7, 11) is 1.65. The van der Waals surface area contributed by atoms with E-state index in [2.05, 4.69) is 30.7 Å². The average molecular weight is 248 g/mol. The van der Waals surface area contributed by atoms with Crippen molar-refractivity contribution in [2.75, 3.05) is 13.7 Å². The Hall–Kier alpha value is -1.58. The number of aliphatic imine (C=N–C) groups is 1. The Labute approximate surface area is 108 Å². The summed E-state index contributed by atoms with van der Waals surface area (Å²) in [5.74, 6) is 1.40. The molecule has 1 atom stereocenters. The van der Waals surface area contributed by atoms with Gasteiger partial charge in [-0.25, -0.2) is 9.98 Å². The van der Waals surface area contributed by atoms with E-state index in [1.807, 2.05) is 19.1 Å². The molecule has 1 aliphatic heterocycles. The molecule has 1 unspecified atom stereocenters. The van der Waals surface area contributed by atoms with Crippen molar-refractivity contribution in [3.05, 3.63) is 23.5 Å². The van der Waals surface area contributed by atoms with E-state index >= 15 is 0 Å². The van der Waals surface area contributed by atoms with Gasteiger partial charge in [0, 0.05) is 17.8 Å². The van der Waals surface area contributed by atoms with Gasteiger partial charge >= 0.3 is 0 Å². The number of aryl methyl sites for hydroxylation is 1. The largest absolute Gasteiger partial charge is 0.497 e. The van der Waals surface area contributed by atoms with Crippen LogP contribution in [0.4, 0.5) is 0 Å². The van der Waals surface area contributed by atoms with E-state index in [0.29, 0.717) is 12.5 Å². The van der Waals surface area contributed by atoms with Crippen LogP contribution in [0.1, 0.15) is 32.2 Å². The zero-order chi connectivity index (χ0) is 13.3. The van der Waals surface area contributed by atoms with E-state index in [4.69, 9.17) is 9.47 Å². The Morgan fingerprint density at radius 1 is 1.33 bits per heavy atom. The molecule has 0 spiro atoms. The third-order valence-electron chi connectivity index (χ3n) is 3.03. The molecule has 98 valence electrons. The molecule has 4 heteroatoms. The van der Waals surface area contributed by atoms with Gasteiger partial charge in [0.15, 0.2) is 0 Å². The maximum absolute atomic E-state index is 5.66. The van der Waals surface area contributed by atoms with Crippen LogP contribution >= 0.6 is 0 Å². The SMILES string of the molecule is COc1cc(C)nc(C2=NC(C(C)(C)C)CO2)c1. The minimum atomic E-state index is 0.107. The van der Waals surface area contributed by atoms with E-state index in [1.165, 1.54) is 0 Å². The molecule has 0 amide bonds. The van der Waals surface area contributed by atoms with Crippen molar-refractivity contribution in [2.24, 2.45) is 10.4 Å². The monoisotopic (exact) mass is 248 g/mol. The molecule has 1 aromatic heterocycles. The molecule has 0 saturated heterocycles. The Balaban J connectivity index is 2.30. The molecule has 1 aliphatic rings. The fourth-order valence-corrected chi connectivity index (χ4v) is 1.82. The summed E-state index contributed by atoms with van der Waals surface area (Å²) in [5, 5.41) is 0. The average Bonchev–Trinajstić information content (AvgIpc) is 2.77. The fourth-order valence-electron chi connectivity index (χ4n) is 1.82. The fraction of sp³-hybridized carbons (Fsp3) is 0.571. The highest BCUT2D eigenvalue weighted by molar-refractivity contribution is 5.93. The van der Waals surface area contributed by atoms with E-state index in [-0.39, 0.29) is 11.5 Å². The van der Waals surface area contributed by atoms with Crippen molar-refractivity contribution < 1.29 is 9.47 Å². The summed E-state index contributed by atoms with van der Waals surface area (Å²) in [6.45, 7) is 9.05. The maximum atomic E-state index is 5.66. The predicted molar refractivity (Wildman–Crippen MR) is 71.3 cm³/mol. The van der Waals surface area contributed by atoms with Crippen molar-refractivity contribution in [3.8, 4) is 5.75 Å². The summed E-state index contributed by atoms with van der Waals surface area (Å²) < 4.78 is 10.9. The van der Waals surface area contributed by atoms with Crippen molar-refractivity contribution in [1.29, 1.82) is 0 Å². The molecule has 0 bridgehead atoms. The van der Waals surface area contributed by atoms with Gasteiger partial charge in [0.25, 0.3) is 0 Å². The zero-order valence-electron chi connectivity index (χ0n) is 11.7.